The van der Waals surface area contributed by atoms with Crippen molar-refractivity contribution in [3.8, 4) is 0 Å². The van der Waals surface area contributed by atoms with Crippen LogP contribution in [0.25, 0.3) is 0 Å². The number of amides is 1. The van der Waals surface area contributed by atoms with Gasteiger partial charge in [0.15, 0.2) is 0 Å². The minimum absolute atomic E-state index is 0.139. The van der Waals surface area contributed by atoms with E-state index in [4.69, 9.17) is 0 Å². The molecule has 0 aliphatic heterocycles. The lowest BCUT2D eigenvalue weighted by Crippen LogP contribution is -2.30. The zero-order valence-corrected chi connectivity index (χ0v) is 13.2. The summed E-state index contributed by atoms with van der Waals surface area (Å²) in [7, 11) is 0.0283. The number of aryl methyl sites for hydroxylation is 1. The van der Waals surface area contributed by atoms with Gasteiger partial charge in [0.25, 0.3) is 0 Å². The Labute approximate surface area is 130 Å². The Morgan fingerprint density at radius 3 is 2.64 bits per heavy atom. The van der Waals surface area contributed by atoms with E-state index in [1.807, 2.05) is 6.92 Å². The van der Waals surface area contributed by atoms with Gasteiger partial charge in [0.2, 0.25) is 11.1 Å². The first-order chi connectivity index (χ1) is 10.5. The molecule has 0 radical (unpaired) electrons. The van der Waals surface area contributed by atoms with Crippen molar-refractivity contribution in [3.05, 3.63) is 41.5 Å². The number of carbonyl (C=O) groups excluding carboxylic acids is 1. The van der Waals surface area contributed by atoms with Crippen molar-refractivity contribution >= 4 is 16.7 Å². The summed E-state index contributed by atoms with van der Waals surface area (Å²) in [6.45, 7) is 2.22. The fourth-order valence-electron chi connectivity index (χ4n) is 1.78. The fourth-order valence-corrected chi connectivity index (χ4v) is 2.71. The lowest BCUT2D eigenvalue weighted by molar-refractivity contribution is -0.127. The smallest absolute Gasteiger partial charge is 0.239 e. The molecule has 1 aromatic heterocycles. The van der Waals surface area contributed by atoms with Crippen LogP contribution in [-0.4, -0.2) is 43.0 Å². The number of nitrogens with zero attached hydrogens (tertiary/aromatic N) is 3. The number of nitrogens with one attached hydrogen (secondary N) is 1. The number of halogens is 1. The van der Waals surface area contributed by atoms with E-state index >= 15 is 0 Å². The van der Waals surface area contributed by atoms with Crippen LogP contribution in [0.4, 0.5) is 4.39 Å². The number of H-pyrrole nitrogens is 1. The van der Waals surface area contributed by atoms with Crippen LogP contribution >= 0.6 is 0 Å². The van der Waals surface area contributed by atoms with Crippen molar-refractivity contribution in [3.63, 3.8) is 0 Å². The molecule has 118 valence electrons. The molecule has 2 aromatic rings. The first-order valence-electron chi connectivity index (χ1n) is 6.77. The molecule has 0 aliphatic rings. The molecule has 0 aliphatic carbocycles. The second-order valence-electron chi connectivity index (χ2n) is 4.78. The predicted molar refractivity (Wildman–Crippen MR) is 79.9 cm³/mol. The highest BCUT2D eigenvalue weighted by Gasteiger charge is 2.17. The van der Waals surface area contributed by atoms with Crippen LogP contribution in [0.2, 0.25) is 0 Å². The molecular formula is C14H17FN4O2S. The summed E-state index contributed by atoms with van der Waals surface area (Å²) in [6, 6.07) is 5.90. The van der Waals surface area contributed by atoms with Gasteiger partial charge in [-0.15, -0.1) is 5.10 Å². The van der Waals surface area contributed by atoms with E-state index in [0.29, 0.717) is 18.8 Å². The molecule has 0 saturated carbocycles. The average molecular weight is 324 g/mol. The standard InChI is InChI=1S/C14H17FN4O2S/c1-3-12-16-14(18-17-12)22(21)9-13(20)19(2)8-10-4-6-11(15)7-5-10/h4-7H,3,8-9H2,1-2H3,(H,16,17,18). The zero-order chi connectivity index (χ0) is 16.1. The highest BCUT2D eigenvalue weighted by molar-refractivity contribution is 7.85. The third kappa shape index (κ3) is 4.20. The van der Waals surface area contributed by atoms with E-state index in [1.54, 1.807) is 19.2 Å². The maximum atomic E-state index is 12.8. The minimum atomic E-state index is -1.58. The van der Waals surface area contributed by atoms with Crippen molar-refractivity contribution in [2.24, 2.45) is 0 Å². The third-order valence-electron chi connectivity index (χ3n) is 3.06. The molecule has 0 saturated heterocycles. The molecule has 0 bridgehead atoms. The number of carbonyl (C=O) groups is 1. The number of rotatable bonds is 6. The number of hydrogen-bond acceptors (Lipinski definition) is 4. The summed E-state index contributed by atoms with van der Waals surface area (Å²) in [4.78, 5) is 17.6. The monoisotopic (exact) mass is 324 g/mol. The van der Waals surface area contributed by atoms with E-state index in [2.05, 4.69) is 15.2 Å². The first kappa shape index (κ1) is 16.3. The average Bonchev–Trinajstić information content (AvgIpc) is 2.98. The summed E-state index contributed by atoms with van der Waals surface area (Å²) < 4.78 is 24.9. The van der Waals surface area contributed by atoms with Crippen LogP contribution < -0.4 is 0 Å². The largest absolute Gasteiger partial charge is 0.341 e. The molecule has 1 atom stereocenters. The normalized spacial score (nSPS) is 12.1. The Hall–Kier alpha value is -2.09. The molecule has 8 heteroatoms. The first-order valence-corrected chi connectivity index (χ1v) is 8.09. The molecule has 22 heavy (non-hydrogen) atoms. The van der Waals surface area contributed by atoms with Crippen LogP contribution in [0.1, 0.15) is 18.3 Å². The molecule has 2 rings (SSSR count). The van der Waals surface area contributed by atoms with Gasteiger partial charge >= 0.3 is 0 Å². The van der Waals surface area contributed by atoms with E-state index < -0.39 is 10.8 Å². The van der Waals surface area contributed by atoms with Crippen LogP contribution in [0.5, 0.6) is 0 Å². The van der Waals surface area contributed by atoms with Crippen molar-refractivity contribution in [1.82, 2.24) is 20.1 Å². The Balaban J connectivity index is 1.93. The quantitative estimate of drug-likeness (QED) is 0.868. The zero-order valence-electron chi connectivity index (χ0n) is 12.4. The van der Waals surface area contributed by atoms with Gasteiger partial charge in [0.1, 0.15) is 28.2 Å². The predicted octanol–water partition coefficient (Wildman–Crippen LogP) is 1.27. The number of aromatic nitrogens is 3. The molecule has 1 aromatic carbocycles. The number of aromatic amines is 1. The van der Waals surface area contributed by atoms with E-state index in [1.165, 1.54) is 17.0 Å². The summed E-state index contributed by atoms with van der Waals surface area (Å²) in [6.07, 6.45) is 0.655. The SMILES string of the molecule is CCc1nc(S(=O)CC(=O)N(C)Cc2ccc(F)cc2)n[nH]1. The Bertz CT molecular complexity index is 672. The summed E-state index contributed by atoms with van der Waals surface area (Å²) in [5, 5.41) is 6.65. The molecule has 1 heterocycles. The van der Waals surface area contributed by atoms with Gasteiger partial charge in [-0.2, -0.15) is 0 Å². The van der Waals surface area contributed by atoms with Gasteiger partial charge in [-0.05, 0) is 17.7 Å². The van der Waals surface area contributed by atoms with Crippen molar-refractivity contribution < 1.29 is 13.4 Å². The topological polar surface area (TPSA) is 79.0 Å². The molecule has 0 fully saturated rings. The maximum absolute atomic E-state index is 12.8. The van der Waals surface area contributed by atoms with Gasteiger partial charge in [-0.25, -0.2) is 9.37 Å². The van der Waals surface area contributed by atoms with Crippen LogP contribution in [0, 0.1) is 5.82 Å². The fraction of sp³-hybridized carbons (Fsp3) is 0.357. The molecular weight excluding hydrogens is 307 g/mol. The highest BCUT2D eigenvalue weighted by atomic mass is 32.2. The molecule has 1 unspecified atom stereocenters. The lowest BCUT2D eigenvalue weighted by atomic mass is 10.2. The van der Waals surface area contributed by atoms with Gasteiger partial charge in [0.05, 0.1) is 0 Å². The number of hydrogen-bond donors (Lipinski definition) is 1. The summed E-state index contributed by atoms with van der Waals surface area (Å²) >= 11 is 0. The highest BCUT2D eigenvalue weighted by Crippen LogP contribution is 2.07. The van der Waals surface area contributed by atoms with E-state index in [-0.39, 0.29) is 22.6 Å². The molecule has 1 N–H and O–H groups in total. The van der Waals surface area contributed by atoms with Crippen molar-refractivity contribution in [1.29, 1.82) is 0 Å². The Morgan fingerprint density at radius 2 is 2.05 bits per heavy atom. The van der Waals surface area contributed by atoms with Crippen LogP contribution in [0.3, 0.4) is 0 Å². The van der Waals surface area contributed by atoms with Crippen molar-refractivity contribution in [2.45, 2.75) is 25.0 Å². The second kappa shape index (κ2) is 7.26. The Morgan fingerprint density at radius 1 is 1.36 bits per heavy atom. The molecule has 0 spiro atoms. The van der Waals surface area contributed by atoms with Crippen molar-refractivity contribution in [2.75, 3.05) is 12.8 Å². The third-order valence-corrected chi connectivity index (χ3v) is 4.16. The molecule has 1 amide bonds. The Kier molecular flexibility index (Phi) is 5.37. The maximum Gasteiger partial charge on any atom is 0.239 e. The van der Waals surface area contributed by atoms with Gasteiger partial charge in [-0.3, -0.25) is 14.1 Å². The van der Waals surface area contributed by atoms with Crippen LogP contribution in [0.15, 0.2) is 29.4 Å². The van der Waals surface area contributed by atoms with Crippen LogP contribution in [-0.2, 0) is 28.6 Å². The molecule has 6 nitrogen and oxygen atoms in total. The minimum Gasteiger partial charge on any atom is -0.341 e. The van der Waals surface area contributed by atoms with Gasteiger partial charge in [0, 0.05) is 20.0 Å². The lowest BCUT2D eigenvalue weighted by Gasteiger charge is -2.16. The summed E-state index contributed by atoms with van der Waals surface area (Å²) in [5.41, 5.74) is 0.800. The van der Waals surface area contributed by atoms with Gasteiger partial charge in [-0.1, -0.05) is 19.1 Å². The van der Waals surface area contributed by atoms with E-state index in [9.17, 15) is 13.4 Å². The van der Waals surface area contributed by atoms with Gasteiger partial charge < -0.3 is 4.90 Å². The second-order valence-corrected chi connectivity index (χ2v) is 6.13. The van der Waals surface area contributed by atoms with E-state index in [0.717, 1.165) is 5.56 Å². The summed E-state index contributed by atoms with van der Waals surface area (Å²) in [5.74, 6) is -0.158. The number of benzene rings is 1.